The number of nitrogens with zero attached hydrogens (tertiary/aromatic N) is 1. The Labute approximate surface area is 85.1 Å². The molecule has 0 aromatic rings. The predicted molar refractivity (Wildman–Crippen MR) is 53.8 cm³/mol. The van der Waals surface area contributed by atoms with Crippen LogP contribution in [0.5, 0.6) is 0 Å². The van der Waals surface area contributed by atoms with Gasteiger partial charge in [0.1, 0.15) is 0 Å². The Balaban J connectivity index is 0.000000845. The zero-order valence-corrected chi connectivity index (χ0v) is 8.77. The fraction of sp³-hybridized carbons (Fsp3) is 0.889. The third-order valence-electron chi connectivity index (χ3n) is 3.03. The van der Waals surface area contributed by atoms with E-state index >= 15 is 0 Å². The van der Waals surface area contributed by atoms with E-state index < -0.39 is 0 Å². The van der Waals surface area contributed by atoms with Gasteiger partial charge in [0.15, 0.2) is 0 Å². The molecule has 0 radical (unpaired) electrons. The van der Waals surface area contributed by atoms with E-state index in [0.717, 1.165) is 32.4 Å². The van der Waals surface area contributed by atoms with Crippen LogP contribution < -0.4 is 5.73 Å². The molecule has 4 heteroatoms. The second-order valence-corrected chi connectivity index (χ2v) is 4.36. The van der Waals surface area contributed by atoms with Gasteiger partial charge in [0, 0.05) is 24.5 Å². The average Bonchev–Trinajstić information content (AvgIpc) is 2.62. The van der Waals surface area contributed by atoms with E-state index in [2.05, 4.69) is 6.92 Å². The van der Waals surface area contributed by atoms with E-state index in [1.165, 1.54) is 0 Å². The quantitative estimate of drug-likeness (QED) is 0.686. The minimum absolute atomic E-state index is 0. The molecule has 0 aromatic heterocycles. The third-order valence-corrected chi connectivity index (χ3v) is 3.03. The van der Waals surface area contributed by atoms with E-state index in [-0.39, 0.29) is 23.9 Å². The maximum absolute atomic E-state index is 11.7. The van der Waals surface area contributed by atoms with Crippen LogP contribution in [-0.4, -0.2) is 29.9 Å². The van der Waals surface area contributed by atoms with Gasteiger partial charge >= 0.3 is 0 Å². The molecule has 1 saturated heterocycles. The average molecular weight is 205 g/mol. The number of hydrogen-bond acceptors (Lipinski definition) is 2. The Kier molecular flexibility index (Phi) is 2.88. The number of rotatable bonds is 1. The summed E-state index contributed by atoms with van der Waals surface area (Å²) in [5, 5.41) is 0. The van der Waals surface area contributed by atoms with Crippen LogP contribution in [0.1, 0.15) is 26.2 Å². The molecular weight excluding hydrogens is 188 g/mol. The zero-order chi connectivity index (χ0) is 8.77. The standard InChI is InChI=1S/C9H16N2O.ClH/c1-9(3-4-9)8(12)11-5-2-7(10)6-11;/h7H,2-6,10H2,1H3;1H/t7-;/m1./s1. The van der Waals surface area contributed by atoms with Gasteiger partial charge in [0.05, 0.1) is 0 Å². The van der Waals surface area contributed by atoms with Gasteiger partial charge in [-0.1, -0.05) is 6.92 Å². The lowest BCUT2D eigenvalue weighted by Crippen LogP contribution is -2.36. The first-order chi connectivity index (χ1) is 5.62. The Morgan fingerprint density at radius 3 is 2.54 bits per heavy atom. The first kappa shape index (κ1) is 10.8. The fourth-order valence-corrected chi connectivity index (χ4v) is 1.75. The monoisotopic (exact) mass is 204 g/mol. The van der Waals surface area contributed by atoms with Gasteiger partial charge < -0.3 is 10.6 Å². The SMILES string of the molecule is CC1(C(=O)N2CC[C@@H](N)C2)CC1.Cl. The van der Waals surface area contributed by atoms with Crippen molar-refractivity contribution in [2.45, 2.75) is 32.2 Å². The van der Waals surface area contributed by atoms with Crippen molar-refractivity contribution in [1.29, 1.82) is 0 Å². The van der Waals surface area contributed by atoms with Gasteiger partial charge in [-0.05, 0) is 19.3 Å². The molecule has 1 saturated carbocycles. The molecule has 3 nitrogen and oxygen atoms in total. The Hall–Kier alpha value is -0.280. The highest BCUT2D eigenvalue weighted by Crippen LogP contribution is 2.46. The molecule has 1 aliphatic heterocycles. The van der Waals surface area contributed by atoms with Crippen molar-refractivity contribution < 1.29 is 4.79 Å². The topological polar surface area (TPSA) is 46.3 Å². The summed E-state index contributed by atoms with van der Waals surface area (Å²) in [6.45, 7) is 3.70. The Morgan fingerprint density at radius 2 is 2.15 bits per heavy atom. The molecule has 76 valence electrons. The number of likely N-dealkylation sites (tertiary alicyclic amines) is 1. The summed E-state index contributed by atoms with van der Waals surface area (Å²) in [4.78, 5) is 13.7. The highest BCUT2D eigenvalue weighted by Gasteiger charge is 2.47. The fourth-order valence-electron chi connectivity index (χ4n) is 1.75. The minimum atomic E-state index is -0.00986. The second kappa shape index (κ2) is 3.46. The molecule has 2 aliphatic rings. The van der Waals surface area contributed by atoms with Gasteiger partial charge in [0.25, 0.3) is 0 Å². The Bertz CT molecular complexity index is 216. The summed E-state index contributed by atoms with van der Waals surface area (Å²) >= 11 is 0. The van der Waals surface area contributed by atoms with E-state index in [0.29, 0.717) is 5.91 Å². The first-order valence-corrected chi connectivity index (χ1v) is 4.67. The van der Waals surface area contributed by atoms with Gasteiger partial charge in [-0.25, -0.2) is 0 Å². The van der Waals surface area contributed by atoms with Gasteiger partial charge in [-0.3, -0.25) is 4.79 Å². The summed E-state index contributed by atoms with van der Waals surface area (Å²) in [6, 6.07) is 0.219. The van der Waals surface area contributed by atoms with Crippen LogP contribution in [0.25, 0.3) is 0 Å². The Morgan fingerprint density at radius 1 is 1.54 bits per heavy atom. The summed E-state index contributed by atoms with van der Waals surface area (Å²) in [5.74, 6) is 0.329. The lowest BCUT2D eigenvalue weighted by Gasteiger charge is -2.19. The molecule has 2 N–H and O–H groups in total. The highest BCUT2D eigenvalue weighted by molar-refractivity contribution is 5.85. The molecule has 0 spiro atoms. The van der Waals surface area contributed by atoms with Crippen LogP contribution in [0.2, 0.25) is 0 Å². The third kappa shape index (κ3) is 1.97. The lowest BCUT2D eigenvalue weighted by atomic mass is 10.1. The number of nitrogens with two attached hydrogens (primary N) is 1. The number of amides is 1. The molecule has 1 aliphatic carbocycles. The molecule has 13 heavy (non-hydrogen) atoms. The van der Waals surface area contributed by atoms with E-state index in [9.17, 15) is 4.79 Å². The lowest BCUT2D eigenvalue weighted by molar-refractivity contribution is -0.135. The maximum Gasteiger partial charge on any atom is 0.228 e. The smallest absolute Gasteiger partial charge is 0.228 e. The maximum atomic E-state index is 11.7. The number of carbonyl (C=O) groups is 1. The predicted octanol–water partition coefficient (Wildman–Crippen LogP) is 0.768. The summed E-state index contributed by atoms with van der Waals surface area (Å²) in [6.07, 6.45) is 3.11. The highest BCUT2D eigenvalue weighted by atomic mass is 35.5. The first-order valence-electron chi connectivity index (χ1n) is 4.67. The van der Waals surface area contributed by atoms with Crippen molar-refractivity contribution in [2.24, 2.45) is 11.1 Å². The van der Waals surface area contributed by atoms with Crippen LogP contribution >= 0.6 is 12.4 Å². The normalized spacial score (nSPS) is 29.7. The van der Waals surface area contributed by atoms with Crippen LogP contribution in [0.4, 0.5) is 0 Å². The van der Waals surface area contributed by atoms with Gasteiger partial charge in [-0.15, -0.1) is 12.4 Å². The van der Waals surface area contributed by atoms with E-state index in [4.69, 9.17) is 5.73 Å². The molecular formula is C9H17ClN2O. The second-order valence-electron chi connectivity index (χ2n) is 4.36. The molecule has 1 amide bonds. The molecule has 2 fully saturated rings. The minimum Gasteiger partial charge on any atom is -0.341 e. The van der Waals surface area contributed by atoms with Crippen molar-refractivity contribution in [3.63, 3.8) is 0 Å². The van der Waals surface area contributed by atoms with E-state index in [1.54, 1.807) is 0 Å². The van der Waals surface area contributed by atoms with Crippen LogP contribution in [0, 0.1) is 5.41 Å². The largest absolute Gasteiger partial charge is 0.341 e. The molecule has 1 atom stereocenters. The van der Waals surface area contributed by atoms with Crippen molar-refractivity contribution >= 4 is 18.3 Å². The molecule has 0 bridgehead atoms. The molecule has 0 unspecified atom stereocenters. The number of halogens is 1. The molecule has 0 aromatic carbocycles. The van der Waals surface area contributed by atoms with Crippen molar-refractivity contribution in [3.05, 3.63) is 0 Å². The summed E-state index contributed by atoms with van der Waals surface area (Å²) < 4.78 is 0. The summed E-state index contributed by atoms with van der Waals surface area (Å²) in [7, 11) is 0. The van der Waals surface area contributed by atoms with Crippen LogP contribution in [0.15, 0.2) is 0 Å². The number of hydrogen-bond donors (Lipinski definition) is 1. The number of carbonyl (C=O) groups excluding carboxylic acids is 1. The van der Waals surface area contributed by atoms with Crippen molar-refractivity contribution in [3.8, 4) is 0 Å². The van der Waals surface area contributed by atoms with Crippen LogP contribution in [-0.2, 0) is 4.79 Å². The zero-order valence-electron chi connectivity index (χ0n) is 7.95. The van der Waals surface area contributed by atoms with Gasteiger partial charge in [0.2, 0.25) is 5.91 Å². The van der Waals surface area contributed by atoms with Gasteiger partial charge in [-0.2, -0.15) is 0 Å². The van der Waals surface area contributed by atoms with E-state index in [1.807, 2.05) is 4.90 Å². The molecule has 2 rings (SSSR count). The summed E-state index contributed by atoms with van der Waals surface area (Å²) in [5.41, 5.74) is 5.72. The van der Waals surface area contributed by atoms with Crippen molar-refractivity contribution in [1.82, 2.24) is 4.90 Å². The van der Waals surface area contributed by atoms with Crippen molar-refractivity contribution in [2.75, 3.05) is 13.1 Å². The molecule has 1 heterocycles. The van der Waals surface area contributed by atoms with Crippen LogP contribution in [0.3, 0.4) is 0 Å².